The molecule has 0 fully saturated rings. The van der Waals surface area contributed by atoms with Gasteiger partial charge < -0.3 is 0 Å². The molecule has 7 nitrogen and oxygen atoms in total. The zero-order valence-corrected chi connectivity index (χ0v) is 15.6. The number of alkyl halides is 2. The number of nitrogens with one attached hydrogen (secondary N) is 1. The van der Waals surface area contributed by atoms with Gasteiger partial charge in [-0.05, 0) is 25.1 Å². The number of carbonyl (C=O) groups excluding carboxylic acids is 1. The molecule has 0 bridgehead atoms. The van der Waals surface area contributed by atoms with Gasteiger partial charge in [0.1, 0.15) is 0 Å². The highest BCUT2D eigenvalue weighted by Crippen LogP contribution is 2.21. The number of aryl methyl sites for hydroxylation is 1. The summed E-state index contributed by atoms with van der Waals surface area (Å²) in [5.74, 6) is -1.03. The van der Waals surface area contributed by atoms with Gasteiger partial charge in [-0.1, -0.05) is 17.7 Å². The van der Waals surface area contributed by atoms with Crippen LogP contribution >= 0.6 is 11.3 Å². The van der Waals surface area contributed by atoms with Gasteiger partial charge in [0.25, 0.3) is 5.91 Å². The Bertz CT molecular complexity index is 1060. The molecule has 0 aliphatic rings. The minimum Gasteiger partial charge on any atom is -0.296 e. The number of sulfone groups is 1. The van der Waals surface area contributed by atoms with E-state index in [2.05, 4.69) is 15.4 Å². The van der Waals surface area contributed by atoms with E-state index in [1.165, 1.54) is 17.5 Å². The van der Waals surface area contributed by atoms with Gasteiger partial charge in [0, 0.05) is 11.6 Å². The second kappa shape index (κ2) is 7.53. The Balaban J connectivity index is 1.69. The van der Waals surface area contributed by atoms with Gasteiger partial charge in [0.2, 0.25) is 0 Å². The molecule has 0 unspecified atom stereocenters. The average Bonchev–Trinajstić information content (AvgIpc) is 3.24. The third-order valence-corrected chi connectivity index (χ3v) is 6.00. The normalized spacial score (nSPS) is 11.7. The van der Waals surface area contributed by atoms with Crippen molar-refractivity contribution in [2.45, 2.75) is 24.1 Å². The van der Waals surface area contributed by atoms with Crippen LogP contribution in [0.4, 0.5) is 13.9 Å². The Labute approximate surface area is 157 Å². The lowest BCUT2D eigenvalue weighted by molar-refractivity contribution is 0.0561. The van der Waals surface area contributed by atoms with E-state index in [1.54, 1.807) is 12.1 Å². The minimum absolute atomic E-state index is 0.153. The van der Waals surface area contributed by atoms with Gasteiger partial charge in [-0.25, -0.2) is 18.1 Å². The van der Waals surface area contributed by atoms with Crippen molar-refractivity contribution in [1.82, 2.24) is 14.8 Å². The first-order valence-corrected chi connectivity index (χ1v) is 10.2. The summed E-state index contributed by atoms with van der Waals surface area (Å²) in [6.45, 7) is -0.985. The summed E-state index contributed by atoms with van der Waals surface area (Å²) in [6.07, 6.45) is 0.987. The number of thiazole rings is 1. The minimum atomic E-state index is -3.57. The smallest absolute Gasteiger partial charge is 0.296 e. The van der Waals surface area contributed by atoms with Crippen molar-refractivity contribution < 1.29 is 22.0 Å². The number of nitrogens with zero attached hydrogens (tertiary/aromatic N) is 3. The summed E-state index contributed by atoms with van der Waals surface area (Å²) < 4.78 is 50.2. The predicted molar refractivity (Wildman–Crippen MR) is 95.6 cm³/mol. The largest absolute Gasteiger partial charge is 0.333 e. The van der Waals surface area contributed by atoms with E-state index in [1.807, 2.05) is 6.92 Å². The first-order valence-electron chi connectivity index (χ1n) is 7.63. The van der Waals surface area contributed by atoms with E-state index in [-0.39, 0.29) is 27.2 Å². The van der Waals surface area contributed by atoms with Gasteiger partial charge in [-0.2, -0.15) is 13.9 Å². The van der Waals surface area contributed by atoms with Crippen LogP contribution in [0.1, 0.15) is 28.3 Å². The van der Waals surface area contributed by atoms with E-state index >= 15 is 0 Å². The maximum absolute atomic E-state index is 12.5. The molecule has 0 radical (unpaired) electrons. The second-order valence-electron chi connectivity index (χ2n) is 5.63. The highest BCUT2D eigenvalue weighted by molar-refractivity contribution is 7.90. The fourth-order valence-corrected chi connectivity index (χ4v) is 4.25. The van der Waals surface area contributed by atoms with Crippen molar-refractivity contribution in [3.8, 4) is 0 Å². The van der Waals surface area contributed by atoms with Crippen LogP contribution in [-0.2, 0) is 15.6 Å². The molecule has 1 amide bonds. The number of hydrogen-bond acceptors (Lipinski definition) is 6. The van der Waals surface area contributed by atoms with E-state index in [0.717, 1.165) is 29.2 Å². The Hall–Kier alpha value is -2.66. The Morgan fingerprint density at radius 1 is 1.26 bits per heavy atom. The molecular weight excluding hydrogens is 398 g/mol. The molecule has 1 N–H and O–H groups in total. The zero-order valence-electron chi connectivity index (χ0n) is 14.0. The van der Waals surface area contributed by atoms with E-state index in [0.29, 0.717) is 4.68 Å². The fourth-order valence-electron chi connectivity index (χ4n) is 2.18. The maximum atomic E-state index is 12.5. The summed E-state index contributed by atoms with van der Waals surface area (Å²) in [5.41, 5.74) is 1.02. The standard InChI is InChI=1S/C16H14F2N4O3S2/c1-10-2-4-12(5-3-10)27(24,25)9-11-8-26-16(19-11)20-14(23)13-6-7-22(21-13)15(17)18/h2-8,15H,9H2,1H3,(H,19,20,23). The van der Waals surface area contributed by atoms with Crippen LogP contribution < -0.4 is 5.32 Å². The highest BCUT2D eigenvalue weighted by atomic mass is 32.2. The topological polar surface area (TPSA) is 94.0 Å². The molecule has 0 spiro atoms. The molecule has 0 saturated heterocycles. The van der Waals surface area contributed by atoms with Crippen molar-refractivity contribution >= 4 is 32.2 Å². The van der Waals surface area contributed by atoms with Gasteiger partial charge in [0.05, 0.1) is 16.3 Å². The van der Waals surface area contributed by atoms with Crippen LogP contribution in [0.2, 0.25) is 0 Å². The quantitative estimate of drug-likeness (QED) is 0.671. The van der Waals surface area contributed by atoms with Crippen LogP contribution in [0.3, 0.4) is 0 Å². The lowest BCUT2D eigenvalue weighted by atomic mass is 10.2. The van der Waals surface area contributed by atoms with Gasteiger partial charge >= 0.3 is 6.55 Å². The first-order chi connectivity index (χ1) is 12.7. The number of rotatable bonds is 6. The van der Waals surface area contributed by atoms with Crippen molar-refractivity contribution in [3.05, 3.63) is 58.9 Å². The number of benzene rings is 1. The molecule has 0 aliphatic carbocycles. The monoisotopic (exact) mass is 412 g/mol. The predicted octanol–water partition coefficient (Wildman–Crippen LogP) is 3.27. The third kappa shape index (κ3) is 4.55. The van der Waals surface area contributed by atoms with Crippen molar-refractivity contribution in [3.63, 3.8) is 0 Å². The molecule has 0 aliphatic heterocycles. The molecule has 11 heteroatoms. The molecule has 27 heavy (non-hydrogen) atoms. The highest BCUT2D eigenvalue weighted by Gasteiger charge is 2.19. The number of anilines is 1. The molecule has 3 rings (SSSR count). The molecule has 2 aromatic heterocycles. The Morgan fingerprint density at radius 3 is 2.59 bits per heavy atom. The third-order valence-electron chi connectivity index (χ3n) is 3.53. The second-order valence-corrected chi connectivity index (χ2v) is 8.48. The summed E-state index contributed by atoms with van der Waals surface area (Å²) in [4.78, 5) is 16.3. The number of amides is 1. The summed E-state index contributed by atoms with van der Waals surface area (Å²) in [7, 11) is -3.57. The average molecular weight is 412 g/mol. The lowest BCUT2D eigenvalue weighted by Crippen LogP contribution is -2.13. The molecule has 0 atom stereocenters. The molecule has 0 saturated carbocycles. The van der Waals surface area contributed by atoms with Crippen LogP contribution in [0, 0.1) is 6.92 Å². The lowest BCUT2D eigenvalue weighted by Gasteiger charge is -2.03. The summed E-state index contributed by atoms with van der Waals surface area (Å²) in [6, 6.07) is 7.62. The Morgan fingerprint density at radius 2 is 1.96 bits per heavy atom. The van der Waals surface area contributed by atoms with Gasteiger partial charge in [-0.3, -0.25) is 10.1 Å². The molecule has 1 aromatic carbocycles. The van der Waals surface area contributed by atoms with Crippen LogP contribution in [0.5, 0.6) is 0 Å². The van der Waals surface area contributed by atoms with Crippen LogP contribution in [0.25, 0.3) is 0 Å². The van der Waals surface area contributed by atoms with Crippen molar-refractivity contribution in [1.29, 1.82) is 0 Å². The van der Waals surface area contributed by atoms with E-state index in [4.69, 9.17) is 0 Å². The molecule has 3 aromatic rings. The number of halogens is 2. The fraction of sp³-hybridized carbons (Fsp3) is 0.188. The maximum Gasteiger partial charge on any atom is 0.333 e. The van der Waals surface area contributed by atoms with Gasteiger partial charge in [0.15, 0.2) is 20.7 Å². The first kappa shape index (κ1) is 19.1. The Kier molecular flexibility index (Phi) is 5.33. The van der Waals surface area contributed by atoms with E-state index < -0.39 is 22.3 Å². The number of hydrogen-bond donors (Lipinski definition) is 1. The van der Waals surface area contributed by atoms with Crippen LogP contribution in [-0.4, -0.2) is 29.1 Å². The summed E-state index contributed by atoms with van der Waals surface area (Å²) in [5, 5.41) is 7.54. The zero-order chi connectivity index (χ0) is 19.6. The van der Waals surface area contributed by atoms with Gasteiger partial charge in [-0.15, -0.1) is 11.3 Å². The molecular formula is C16H14F2N4O3S2. The van der Waals surface area contributed by atoms with Crippen molar-refractivity contribution in [2.24, 2.45) is 0 Å². The van der Waals surface area contributed by atoms with Crippen LogP contribution in [0.15, 0.2) is 46.8 Å². The molecule has 142 valence electrons. The SMILES string of the molecule is Cc1ccc(S(=O)(=O)Cc2csc(NC(=O)c3ccn(C(F)F)n3)n2)cc1. The summed E-state index contributed by atoms with van der Waals surface area (Å²) >= 11 is 1.03. The number of carbonyl (C=O) groups is 1. The number of aromatic nitrogens is 3. The molecule has 2 heterocycles. The van der Waals surface area contributed by atoms with Crippen molar-refractivity contribution in [2.75, 3.05) is 5.32 Å². The van der Waals surface area contributed by atoms with E-state index in [9.17, 15) is 22.0 Å².